The van der Waals surface area contributed by atoms with Crippen LogP contribution in [-0.4, -0.2) is 7.05 Å². The van der Waals surface area contributed by atoms with E-state index in [9.17, 15) is 0 Å². The SMILES string of the molecule is [CH2-]c1ccccc1.[CH2-]c1ccccc1NC.[Y]. The number of nitrogens with one attached hydrogen (secondary N) is 1. The summed E-state index contributed by atoms with van der Waals surface area (Å²) in [6.45, 7) is 7.55. The van der Waals surface area contributed by atoms with Gasteiger partial charge in [0, 0.05) is 32.7 Å². The molecular weight excluding hydrogens is 283 g/mol. The van der Waals surface area contributed by atoms with E-state index in [0.29, 0.717) is 0 Å². The third-order valence-electron chi connectivity index (χ3n) is 2.13. The molecule has 0 aliphatic heterocycles. The number of anilines is 1. The fourth-order valence-corrected chi connectivity index (χ4v) is 1.24. The van der Waals surface area contributed by atoms with Gasteiger partial charge in [-0.15, -0.1) is 18.2 Å². The van der Waals surface area contributed by atoms with Gasteiger partial charge < -0.3 is 5.32 Å². The van der Waals surface area contributed by atoms with Crippen molar-refractivity contribution in [3.8, 4) is 0 Å². The van der Waals surface area contributed by atoms with Crippen molar-refractivity contribution >= 4 is 5.69 Å². The van der Waals surface area contributed by atoms with Crippen LogP contribution >= 0.6 is 0 Å². The predicted molar refractivity (Wildman–Crippen MR) is 71.3 cm³/mol. The van der Waals surface area contributed by atoms with E-state index in [1.807, 2.05) is 61.6 Å². The molecule has 0 spiro atoms. The first-order valence-corrected chi connectivity index (χ1v) is 5.20. The molecular formula is C15H17NY-2. The van der Waals surface area contributed by atoms with Crippen LogP contribution in [0.3, 0.4) is 0 Å². The minimum absolute atomic E-state index is 0. The summed E-state index contributed by atoms with van der Waals surface area (Å²) in [6.07, 6.45) is 0. The van der Waals surface area contributed by atoms with Gasteiger partial charge in [0.15, 0.2) is 0 Å². The van der Waals surface area contributed by atoms with Crippen LogP contribution in [0.2, 0.25) is 0 Å². The van der Waals surface area contributed by atoms with E-state index in [1.165, 1.54) is 0 Å². The summed E-state index contributed by atoms with van der Waals surface area (Å²) in [7, 11) is 1.89. The minimum atomic E-state index is 0. The molecule has 1 nitrogen and oxygen atoms in total. The van der Waals surface area contributed by atoms with E-state index >= 15 is 0 Å². The maximum Gasteiger partial charge on any atom is 0 e. The quantitative estimate of drug-likeness (QED) is 0.790. The molecule has 0 fully saturated rings. The summed E-state index contributed by atoms with van der Waals surface area (Å²) < 4.78 is 0. The Morgan fingerprint density at radius 2 is 1.35 bits per heavy atom. The molecule has 0 heterocycles. The van der Waals surface area contributed by atoms with Crippen molar-refractivity contribution in [2.45, 2.75) is 0 Å². The Morgan fingerprint density at radius 1 is 0.824 bits per heavy atom. The monoisotopic (exact) mass is 300 g/mol. The average molecular weight is 300 g/mol. The maximum atomic E-state index is 3.83. The molecule has 0 atom stereocenters. The standard InChI is InChI=1S/C8H10N.C7H7.Y/c1-7-5-3-4-6-8(7)9-2;1-7-5-3-2-4-6-7;/h3-6,9H,1H2,2H3;2-6H,1H2;/q2*-1;. The second-order valence-corrected chi connectivity index (χ2v) is 3.39. The van der Waals surface area contributed by atoms with Crippen molar-refractivity contribution in [3.63, 3.8) is 0 Å². The van der Waals surface area contributed by atoms with Crippen molar-refractivity contribution in [1.82, 2.24) is 0 Å². The first kappa shape index (κ1) is 16.1. The van der Waals surface area contributed by atoms with Gasteiger partial charge in [-0.3, -0.25) is 0 Å². The van der Waals surface area contributed by atoms with Crippen molar-refractivity contribution in [2.75, 3.05) is 12.4 Å². The molecule has 0 bridgehead atoms. The molecule has 2 rings (SSSR count). The van der Waals surface area contributed by atoms with Crippen LogP contribution in [0.5, 0.6) is 0 Å². The number of hydrogen-bond acceptors (Lipinski definition) is 1. The van der Waals surface area contributed by atoms with Crippen LogP contribution in [0.15, 0.2) is 54.6 Å². The molecule has 0 unspecified atom stereocenters. The molecule has 0 amide bonds. The molecule has 1 N–H and O–H groups in total. The van der Waals surface area contributed by atoms with E-state index in [-0.39, 0.29) is 32.7 Å². The largest absolute Gasteiger partial charge is 0.439 e. The van der Waals surface area contributed by atoms with Crippen LogP contribution in [0.25, 0.3) is 0 Å². The fourth-order valence-electron chi connectivity index (χ4n) is 1.24. The van der Waals surface area contributed by atoms with Gasteiger partial charge in [-0.1, -0.05) is 23.9 Å². The Hall–Kier alpha value is -0.916. The van der Waals surface area contributed by atoms with Crippen LogP contribution in [-0.2, 0) is 32.7 Å². The third-order valence-corrected chi connectivity index (χ3v) is 2.13. The van der Waals surface area contributed by atoms with E-state index in [4.69, 9.17) is 0 Å². The Bertz CT molecular complexity index is 412. The summed E-state index contributed by atoms with van der Waals surface area (Å²) in [4.78, 5) is 0. The van der Waals surface area contributed by atoms with Gasteiger partial charge in [0.05, 0.1) is 0 Å². The molecule has 0 aromatic heterocycles. The van der Waals surface area contributed by atoms with Crippen molar-refractivity contribution in [2.24, 2.45) is 0 Å². The molecule has 2 aromatic rings. The molecule has 2 aromatic carbocycles. The van der Waals surface area contributed by atoms with Gasteiger partial charge in [-0.25, -0.2) is 0 Å². The van der Waals surface area contributed by atoms with E-state index in [2.05, 4.69) is 19.2 Å². The van der Waals surface area contributed by atoms with Gasteiger partial charge in [0.1, 0.15) is 0 Å². The van der Waals surface area contributed by atoms with Gasteiger partial charge in [-0.05, 0) is 7.05 Å². The zero-order chi connectivity index (χ0) is 11.8. The third kappa shape index (κ3) is 6.40. The molecule has 0 saturated heterocycles. The Morgan fingerprint density at radius 3 is 1.71 bits per heavy atom. The molecule has 0 aliphatic carbocycles. The zero-order valence-corrected chi connectivity index (χ0v) is 13.0. The number of para-hydroxylation sites is 1. The van der Waals surface area contributed by atoms with Crippen molar-refractivity contribution < 1.29 is 32.7 Å². The summed E-state index contributed by atoms with van der Waals surface area (Å²) in [5.41, 5.74) is 3.21. The topological polar surface area (TPSA) is 12.0 Å². The second kappa shape index (κ2) is 9.15. The van der Waals surface area contributed by atoms with E-state index in [1.54, 1.807) is 0 Å². The van der Waals surface area contributed by atoms with Crippen LogP contribution in [0.1, 0.15) is 11.1 Å². The molecule has 0 saturated carbocycles. The zero-order valence-electron chi connectivity index (χ0n) is 10.2. The van der Waals surface area contributed by atoms with Gasteiger partial charge >= 0.3 is 0 Å². The Balaban J connectivity index is 0.000000292. The molecule has 0 aliphatic rings. The second-order valence-electron chi connectivity index (χ2n) is 3.39. The number of hydrogen-bond donors (Lipinski definition) is 1. The molecule has 1 radical (unpaired) electrons. The number of rotatable bonds is 1. The molecule has 17 heavy (non-hydrogen) atoms. The van der Waals surface area contributed by atoms with Gasteiger partial charge in [0.2, 0.25) is 0 Å². The first-order chi connectivity index (χ1) is 7.74. The van der Waals surface area contributed by atoms with E-state index < -0.39 is 0 Å². The van der Waals surface area contributed by atoms with Gasteiger partial charge in [-0.2, -0.15) is 43.2 Å². The van der Waals surface area contributed by atoms with Crippen LogP contribution in [0.4, 0.5) is 5.69 Å². The summed E-state index contributed by atoms with van der Waals surface area (Å²) in [6, 6.07) is 17.8. The normalized spacial score (nSPS) is 8.29. The average Bonchev–Trinajstić information content (AvgIpc) is 2.31. The smallest absolute Gasteiger partial charge is 0 e. The minimum Gasteiger partial charge on any atom is -0.439 e. The Labute approximate surface area is 130 Å². The Kier molecular flexibility index (Phi) is 8.66. The van der Waals surface area contributed by atoms with Gasteiger partial charge in [0.25, 0.3) is 0 Å². The number of benzene rings is 2. The summed E-state index contributed by atoms with van der Waals surface area (Å²) >= 11 is 0. The van der Waals surface area contributed by atoms with Crippen molar-refractivity contribution in [1.29, 1.82) is 0 Å². The first-order valence-electron chi connectivity index (χ1n) is 5.20. The molecule has 87 valence electrons. The van der Waals surface area contributed by atoms with Crippen molar-refractivity contribution in [3.05, 3.63) is 79.6 Å². The summed E-state index contributed by atoms with van der Waals surface area (Å²) in [5.74, 6) is 0. The van der Waals surface area contributed by atoms with E-state index in [0.717, 1.165) is 16.8 Å². The van der Waals surface area contributed by atoms with Crippen LogP contribution in [0, 0.1) is 13.8 Å². The summed E-state index contributed by atoms with van der Waals surface area (Å²) in [5, 5.41) is 3.03. The van der Waals surface area contributed by atoms with Crippen LogP contribution < -0.4 is 5.32 Å². The maximum absolute atomic E-state index is 3.83. The fraction of sp³-hybridized carbons (Fsp3) is 0.0667. The predicted octanol–water partition coefficient (Wildman–Crippen LogP) is 3.78. The molecule has 2 heteroatoms.